The van der Waals surface area contributed by atoms with Crippen molar-refractivity contribution < 1.29 is 40.7 Å². The van der Waals surface area contributed by atoms with E-state index in [1.54, 1.807) is 12.1 Å². The van der Waals surface area contributed by atoms with Gasteiger partial charge in [0.25, 0.3) is 5.91 Å². The first kappa shape index (κ1) is 35.9. The fourth-order valence-corrected chi connectivity index (χ4v) is 6.42. The number of rotatable bonds is 10. The van der Waals surface area contributed by atoms with Gasteiger partial charge < -0.3 is 24.3 Å². The normalized spacial score (nSPS) is 16.0. The van der Waals surface area contributed by atoms with Gasteiger partial charge in [0.05, 0.1) is 11.4 Å². The predicted octanol–water partition coefficient (Wildman–Crippen LogP) is 7.67. The molecule has 6 rings (SSSR count). The van der Waals surface area contributed by atoms with E-state index in [0.29, 0.717) is 43.3 Å². The summed E-state index contributed by atoms with van der Waals surface area (Å²) in [5.41, 5.74) is 3.13. The zero-order valence-corrected chi connectivity index (χ0v) is 27.9. The summed E-state index contributed by atoms with van der Waals surface area (Å²) in [7, 11) is 0. The van der Waals surface area contributed by atoms with Crippen LogP contribution < -0.4 is 20.4 Å². The number of fused-ring (bicyclic) bond motifs is 1. The highest BCUT2D eigenvalue weighted by molar-refractivity contribution is 6.30. The minimum atomic E-state index is -5.97. The Labute approximate surface area is 294 Å². The Hall–Kier alpha value is -4.91. The maximum atomic E-state index is 13.5. The minimum absolute atomic E-state index is 0.168. The van der Waals surface area contributed by atoms with E-state index < -0.39 is 35.4 Å². The molecule has 0 radical (unpaired) electrons. The second kappa shape index (κ2) is 14.7. The molecular weight excluding hydrogens is 697 g/mol. The van der Waals surface area contributed by atoms with Crippen molar-refractivity contribution in [3.8, 4) is 5.75 Å². The third-order valence-corrected chi connectivity index (χ3v) is 9.14. The molecule has 2 aliphatic heterocycles. The van der Waals surface area contributed by atoms with Crippen LogP contribution in [-0.4, -0.2) is 54.7 Å². The lowest BCUT2D eigenvalue weighted by Crippen LogP contribution is -2.41. The van der Waals surface area contributed by atoms with E-state index in [9.17, 15) is 36.3 Å². The maximum Gasteiger partial charge on any atom is 0.499 e. The number of amides is 2. The van der Waals surface area contributed by atoms with Crippen molar-refractivity contribution in [2.75, 3.05) is 24.5 Å². The molecule has 8 nitrogen and oxygen atoms in total. The van der Waals surface area contributed by atoms with Gasteiger partial charge >= 0.3 is 12.3 Å². The summed E-state index contributed by atoms with van der Waals surface area (Å²) in [6.45, 7) is 2.76. The number of nitrogens with zero attached hydrogens (tertiary/aromatic N) is 2. The quantitative estimate of drug-likeness (QED) is 0.133. The number of alkyl halides is 5. The largest absolute Gasteiger partial charge is 0.499 e. The average molecular weight is 730 g/mol. The van der Waals surface area contributed by atoms with Crippen LogP contribution in [0.15, 0.2) is 93.7 Å². The molecule has 1 aromatic heterocycles. The van der Waals surface area contributed by atoms with Crippen LogP contribution in [0, 0.1) is 0 Å². The molecule has 0 saturated carbocycles. The molecule has 1 atom stereocenters. The number of hydrogen-bond donors (Lipinski definition) is 1. The molecule has 2 amide bonds. The lowest BCUT2D eigenvalue weighted by atomic mass is 9.97. The maximum absolute atomic E-state index is 13.5. The van der Waals surface area contributed by atoms with E-state index in [1.807, 2.05) is 41.3 Å². The average Bonchev–Trinajstić information content (AvgIpc) is 3.49. The lowest BCUT2D eigenvalue weighted by Gasteiger charge is -2.33. The SMILES string of the molecule is O=C(NC(C=C1CCN(c2ccccc2CN2CCCC2=O)CC1)Cc1ccc(Cl)cc1)c1cc(=O)c2cc(OC(F)(F)C(F)(F)F)ccc2o1. The number of hydrogen-bond acceptors (Lipinski definition) is 6. The molecule has 2 aliphatic rings. The van der Waals surface area contributed by atoms with E-state index >= 15 is 0 Å². The van der Waals surface area contributed by atoms with Gasteiger partial charge in [-0.2, -0.15) is 22.0 Å². The molecule has 268 valence electrons. The van der Waals surface area contributed by atoms with Crippen LogP contribution in [0.2, 0.25) is 5.02 Å². The summed E-state index contributed by atoms with van der Waals surface area (Å²) in [6.07, 6.45) is -6.20. The zero-order valence-electron chi connectivity index (χ0n) is 27.2. The number of benzene rings is 3. The zero-order chi connectivity index (χ0) is 36.3. The van der Waals surface area contributed by atoms with Crippen molar-refractivity contribution in [3.63, 3.8) is 0 Å². The van der Waals surface area contributed by atoms with Gasteiger partial charge in [0.15, 0.2) is 11.2 Å². The Kier molecular flexibility index (Phi) is 10.4. The summed E-state index contributed by atoms with van der Waals surface area (Å²) in [5, 5.41) is 3.11. The van der Waals surface area contributed by atoms with Crippen LogP contribution in [0.3, 0.4) is 0 Å². The van der Waals surface area contributed by atoms with Gasteiger partial charge in [0.1, 0.15) is 11.3 Å². The van der Waals surface area contributed by atoms with Crippen molar-refractivity contribution in [3.05, 3.63) is 117 Å². The standard InChI is InChI=1S/C37H33ClF5N3O5/c38-26-9-7-23(8-10-26)18-27(19-24-13-16-45(17-14-24)30-5-2-1-4-25(30)22-46-15-3-6-34(46)48)44-35(49)33-21-31(47)29-20-28(11-12-32(29)50-33)51-37(42,43)36(39,40)41/h1-2,4-5,7-12,19-21,27H,3,6,13-18,22H2,(H,44,49). The van der Waals surface area contributed by atoms with Crippen LogP contribution in [-0.2, 0) is 17.8 Å². The second-order valence-electron chi connectivity index (χ2n) is 12.5. The number of anilines is 1. The van der Waals surface area contributed by atoms with Gasteiger partial charge in [0.2, 0.25) is 5.91 Å². The number of piperidine rings is 1. The van der Waals surface area contributed by atoms with E-state index in [2.05, 4.69) is 21.0 Å². The van der Waals surface area contributed by atoms with Crippen LogP contribution in [0.4, 0.5) is 27.6 Å². The van der Waals surface area contributed by atoms with Gasteiger partial charge in [0, 0.05) is 49.4 Å². The summed E-state index contributed by atoms with van der Waals surface area (Å²) >= 11 is 6.08. The first-order valence-electron chi connectivity index (χ1n) is 16.3. The topological polar surface area (TPSA) is 92.1 Å². The van der Waals surface area contributed by atoms with Gasteiger partial charge in [-0.1, -0.05) is 53.6 Å². The Morgan fingerprint density at radius 1 is 0.941 bits per heavy atom. The third-order valence-electron chi connectivity index (χ3n) is 8.89. The van der Waals surface area contributed by atoms with Gasteiger partial charge in [-0.15, -0.1) is 0 Å². The Bertz CT molecular complexity index is 2000. The fraction of sp³-hybridized carbons (Fsp3) is 0.324. The van der Waals surface area contributed by atoms with Crippen molar-refractivity contribution in [1.82, 2.24) is 10.2 Å². The van der Waals surface area contributed by atoms with Crippen LogP contribution >= 0.6 is 11.6 Å². The highest BCUT2D eigenvalue weighted by Crippen LogP contribution is 2.38. The molecule has 14 heteroatoms. The number of carbonyl (C=O) groups is 2. The van der Waals surface area contributed by atoms with E-state index in [1.165, 1.54) is 0 Å². The molecule has 4 aromatic rings. The first-order valence-corrected chi connectivity index (χ1v) is 16.7. The summed E-state index contributed by atoms with van der Waals surface area (Å²) < 4.78 is 74.1. The monoisotopic (exact) mass is 729 g/mol. The minimum Gasteiger partial charge on any atom is -0.451 e. The molecule has 1 N–H and O–H groups in total. The molecule has 0 spiro atoms. The van der Waals surface area contributed by atoms with Gasteiger partial charge in [-0.3, -0.25) is 14.4 Å². The highest BCUT2D eigenvalue weighted by Gasteiger charge is 2.61. The number of para-hydroxylation sites is 1. The van der Waals surface area contributed by atoms with Crippen LogP contribution in [0.1, 0.15) is 47.4 Å². The summed E-state index contributed by atoms with van der Waals surface area (Å²) in [6, 6.07) is 18.0. The number of likely N-dealkylation sites (tertiary alicyclic amines) is 1. The van der Waals surface area contributed by atoms with Crippen molar-refractivity contribution >= 4 is 40.1 Å². The Morgan fingerprint density at radius 2 is 1.67 bits per heavy atom. The van der Waals surface area contributed by atoms with Crippen LogP contribution in [0.5, 0.6) is 5.75 Å². The predicted molar refractivity (Wildman–Crippen MR) is 181 cm³/mol. The first-order chi connectivity index (χ1) is 24.3. The van der Waals surface area contributed by atoms with E-state index in [0.717, 1.165) is 66.6 Å². The molecule has 1 unspecified atom stereocenters. The van der Waals surface area contributed by atoms with E-state index in [4.69, 9.17) is 16.0 Å². The Balaban J connectivity index is 1.18. The van der Waals surface area contributed by atoms with Crippen molar-refractivity contribution in [2.24, 2.45) is 0 Å². The molecule has 3 aromatic carbocycles. The molecule has 3 heterocycles. The number of halogens is 6. The van der Waals surface area contributed by atoms with Gasteiger partial charge in [-0.05, 0) is 73.2 Å². The van der Waals surface area contributed by atoms with Crippen LogP contribution in [0.25, 0.3) is 11.0 Å². The molecular formula is C37H33ClF5N3O5. The Morgan fingerprint density at radius 3 is 2.35 bits per heavy atom. The number of nitrogens with one attached hydrogen (secondary N) is 1. The molecule has 2 fully saturated rings. The molecule has 0 aliphatic carbocycles. The lowest BCUT2D eigenvalue weighted by molar-refractivity contribution is -0.360. The second-order valence-corrected chi connectivity index (χ2v) is 13.0. The smallest absolute Gasteiger partial charge is 0.451 e. The number of carbonyl (C=O) groups excluding carboxylic acids is 2. The van der Waals surface area contributed by atoms with Crippen molar-refractivity contribution in [2.45, 2.75) is 57.0 Å². The highest BCUT2D eigenvalue weighted by atomic mass is 35.5. The summed E-state index contributed by atoms with van der Waals surface area (Å²) in [4.78, 5) is 42.8. The van der Waals surface area contributed by atoms with E-state index in [-0.39, 0.29) is 22.6 Å². The molecule has 0 bridgehead atoms. The molecule has 2 saturated heterocycles. The third kappa shape index (κ3) is 8.53. The number of ether oxygens (including phenoxy) is 1. The molecule has 51 heavy (non-hydrogen) atoms. The fourth-order valence-electron chi connectivity index (χ4n) is 6.30. The summed E-state index contributed by atoms with van der Waals surface area (Å²) in [5.74, 6) is -1.83. The van der Waals surface area contributed by atoms with Gasteiger partial charge in [-0.25, -0.2) is 0 Å². The van der Waals surface area contributed by atoms with Crippen molar-refractivity contribution in [1.29, 1.82) is 0 Å².